The molecule has 162 valence electrons. The average Bonchev–Trinajstić information content (AvgIpc) is 3.19. The van der Waals surface area contributed by atoms with Gasteiger partial charge in [0, 0.05) is 38.0 Å². The Kier molecular flexibility index (Phi) is 5.28. The lowest BCUT2D eigenvalue weighted by Gasteiger charge is -2.28. The zero-order valence-electron chi connectivity index (χ0n) is 18.1. The molecular weight excluding hydrogens is 404 g/mol. The van der Waals surface area contributed by atoms with Gasteiger partial charge in [-0.2, -0.15) is 0 Å². The van der Waals surface area contributed by atoms with Crippen molar-refractivity contribution in [3.8, 4) is 22.5 Å². The van der Waals surface area contributed by atoms with Crippen LogP contribution in [0.5, 0.6) is 0 Å². The van der Waals surface area contributed by atoms with Crippen molar-refractivity contribution in [1.82, 2.24) is 19.9 Å². The van der Waals surface area contributed by atoms with Crippen molar-refractivity contribution in [2.45, 2.75) is 13.8 Å². The van der Waals surface area contributed by atoms with Crippen LogP contribution in [0.2, 0.25) is 0 Å². The number of anilines is 2. The number of nitrogens with zero attached hydrogens (tertiary/aromatic N) is 4. The molecule has 0 aromatic carbocycles. The largest absolute Gasteiger partial charge is 0.378 e. The number of hydrogen-bond acceptors (Lipinski definition) is 6. The summed E-state index contributed by atoms with van der Waals surface area (Å²) in [7, 11) is 0. The van der Waals surface area contributed by atoms with Gasteiger partial charge in [0.15, 0.2) is 0 Å². The molecule has 0 bridgehead atoms. The number of carbonyl (C=O) groups is 1. The average molecular weight is 428 g/mol. The van der Waals surface area contributed by atoms with Crippen molar-refractivity contribution in [3.05, 3.63) is 54.5 Å². The smallest absolute Gasteiger partial charge is 0.222 e. The first-order valence-electron chi connectivity index (χ1n) is 10.6. The summed E-state index contributed by atoms with van der Waals surface area (Å²) in [4.78, 5) is 31.1. The van der Waals surface area contributed by atoms with E-state index in [1.54, 1.807) is 6.20 Å². The Balaban J connectivity index is 1.67. The quantitative estimate of drug-likeness (QED) is 0.513. The van der Waals surface area contributed by atoms with Gasteiger partial charge in [0.25, 0.3) is 0 Å². The Morgan fingerprint density at radius 1 is 1.09 bits per heavy atom. The molecule has 0 radical (unpaired) electrons. The number of nitrogens with one attached hydrogen (secondary N) is 2. The Bertz CT molecular complexity index is 1280. The first kappa shape index (κ1) is 20.1. The molecule has 4 aromatic rings. The molecule has 0 aliphatic carbocycles. The third kappa shape index (κ3) is 3.92. The van der Waals surface area contributed by atoms with E-state index < -0.39 is 0 Å². The van der Waals surface area contributed by atoms with Gasteiger partial charge in [-0.15, -0.1) is 0 Å². The zero-order chi connectivity index (χ0) is 22.1. The number of morpholine rings is 1. The van der Waals surface area contributed by atoms with E-state index in [0.717, 1.165) is 71.1 Å². The van der Waals surface area contributed by atoms with Gasteiger partial charge in [0.2, 0.25) is 5.91 Å². The highest BCUT2D eigenvalue weighted by Gasteiger charge is 2.20. The van der Waals surface area contributed by atoms with Crippen LogP contribution in [0.1, 0.15) is 12.5 Å². The van der Waals surface area contributed by atoms with Crippen molar-refractivity contribution in [1.29, 1.82) is 0 Å². The number of carbonyl (C=O) groups excluding carboxylic acids is 1. The van der Waals surface area contributed by atoms with E-state index in [1.807, 2.05) is 43.6 Å². The number of amides is 1. The van der Waals surface area contributed by atoms with Crippen molar-refractivity contribution >= 4 is 28.4 Å². The molecule has 32 heavy (non-hydrogen) atoms. The summed E-state index contributed by atoms with van der Waals surface area (Å²) in [5.41, 5.74) is 7.48. The topological polar surface area (TPSA) is 96.0 Å². The van der Waals surface area contributed by atoms with E-state index in [2.05, 4.69) is 31.2 Å². The first-order chi connectivity index (χ1) is 15.6. The van der Waals surface area contributed by atoms with E-state index in [1.165, 1.54) is 6.92 Å². The molecule has 5 heterocycles. The molecule has 2 N–H and O–H groups in total. The maximum Gasteiger partial charge on any atom is 0.222 e. The van der Waals surface area contributed by atoms with Gasteiger partial charge in [-0.1, -0.05) is 6.07 Å². The van der Waals surface area contributed by atoms with Crippen LogP contribution in [0.3, 0.4) is 0 Å². The fourth-order valence-corrected chi connectivity index (χ4v) is 3.97. The summed E-state index contributed by atoms with van der Waals surface area (Å²) in [5, 5.41) is 2.75. The second kappa shape index (κ2) is 8.39. The number of fused-ring (bicyclic) bond motifs is 1. The second-order valence-corrected chi connectivity index (χ2v) is 7.90. The van der Waals surface area contributed by atoms with Crippen molar-refractivity contribution < 1.29 is 9.53 Å². The van der Waals surface area contributed by atoms with Crippen molar-refractivity contribution in [2.75, 3.05) is 36.5 Å². The van der Waals surface area contributed by atoms with Crippen LogP contribution in [-0.2, 0) is 9.53 Å². The number of hydrogen-bond donors (Lipinski definition) is 2. The number of aryl methyl sites for hydroxylation is 1. The number of aromatic nitrogens is 4. The van der Waals surface area contributed by atoms with E-state index in [4.69, 9.17) is 9.72 Å². The molecule has 8 nitrogen and oxygen atoms in total. The molecule has 5 rings (SSSR count). The van der Waals surface area contributed by atoms with Gasteiger partial charge in [-0.05, 0) is 36.8 Å². The van der Waals surface area contributed by atoms with Gasteiger partial charge >= 0.3 is 0 Å². The fraction of sp³-hybridized carbons (Fsp3) is 0.250. The van der Waals surface area contributed by atoms with E-state index in [9.17, 15) is 4.79 Å². The van der Waals surface area contributed by atoms with E-state index >= 15 is 0 Å². The summed E-state index contributed by atoms with van der Waals surface area (Å²) in [6.07, 6.45) is 5.46. The summed E-state index contributed by atoms with van der Waals surface area (Å²) < 4.78 is 5.48. The minimum Gasteiger partial charge on any atom is -0.378 e. The molecule has 1 fully saturated rings. The monoisotopic (exact) mass is 428 g/mol. The first-order valence-corrected chi connectivity index (χ1v) is 10.6. The highest BCUT2D eigenvalue weighted by Crippen LogP contribution is 2.38. The summed E-state index contributed by atoms with van der Waals surface area (Å²) in [5.74, 6) is 0.335. The Hall–Kier alpha value is -3.78. The normalized spacial score (nSPS) is 14.0. The fourth-order valence-electron chi connectivity index (χ4n) is 3.97. The Morgan fingerprint density at radius 3 is 2.69 bits per heavy atom. The predicted molar refractivity (Wildman–Crippen MR) is 125 cm³/mol. The molecule has 8 heteroatoms. The van der Waals surface area contributed by atoms with Crippen LogP contribution in [0, 0.1) is 6.92 Å². The number of aromatic amines is 1. The Labute approximate surface area is 185 Å². The minimum atomic E-state index is -0.163. The number of pyridine rings is 3. The lowest BCUT2D eigenvalue weighted by atomic mass is 10.0. The number of H-pyrrole nitrogens is 1. The van der Waals surface area contributed by atoms with Crippen LogP contribution >= 0.6 is 0 Å². The molecule has 1 saturated heterocycles. The van der Waals surface area contributed by atoms with Gasteiger partial charge < -0.3 is 19.9 Å². The van der Waals surface area contributed by atoms with Gasteiger partial charge in [0.05, 0.1) is 53.1 Å². The van der Waals surface area contributed by atoms with Crippen LogP contribution in [-0.4, -0.2) is 52.1 Å². The lowest BCUT2D eigenvalue weighted by molar-refractivity contribution is -0.114. The molecule has 0 saturated carbocycles. The summed E-state index contributed by atoms with van der Waals surface area (Å²) in [6.45, 7) is 6.61. The van der Waals surface area contributed by atoms with Gasteiger partial charge in [-0.3, -0.25) is 14.8 Å². The summed E-state index contributed by atoms with van der Waals surface area (Å²) >= 11 is 0. The lowest BCUT2D eigenvalue weighted by Crippen LogP contribution is -2.36. The third-order valence-corrected chi connectivity index (χ3v) is 5.52. The molecule has 1 aliphatic rings. The van der Waals surface area contributed by atoms with Crippen molar-refractivity contribution in [2.24, 2.45) is 0 Å². The van der Waals surface area contributed by atoms with Crippen LogP contribution in [0.4, 0.5) is 11.5 Å². The van der Waals surface area contributed by atoms with Gasteiger partial charge in [-0.25, -0.2) is 4.98 Å². The number of ether oxygens (including phenoxy) is 1. The van der Waals surface area contributed by atoms with E-state index in [-0.39, 0.29) is 5.91 Å². The standard InChI is InChI=1S/C24H24N6O2/c1-15-3-4-19(26-13-15)22-23(17-5-6-25-21(11-17)28-16(2)31)29-20-12-18(14-27-24(20)22)30-7-9-32-10-8-30/h3-6,11-14,29H,7-10H2,1-2H3,(H,25,28,31). The summed E-state index contributed by atoms with van der Waals surface area (Å²) in [6, 6.07) is 9.95. The highest BCUT2D eigenvalue weighted by molar-refractivity contribution is 6.01. The molecule has 1 amide bonds. The van der Waals surface area contributed by atoms with Gasteiger partial charge in [0.1, 0.15) is 5.82 Å². The molecular formula is C24H24N6O2. The van der Waals surface area contributed by atoms with Crippen LogP contribution < -0.4 is 10.2 Å². The number of rotatable bonds is 4. The highest BCUT2D eigenvalue weighted by atomic mass is 16.5. The predicted octanol–water partition coefficient (Wildman–Crippen LogP) is 3.79. The zero-order valence-corrected chi connectivity index (χ0v) is 18.1. The third-order valence-electron chi connectivity index (χ3n) is 5.52. The molecule has 0 unspecified atom stereocenters. The molecule has 0 atom stereocenters. The maximum atomic E-state index is 11.5. The minimum absolute atomic E-state index is 0.163. The van der Waals surface area contributed by atoms with Crippen LogP contribution in [0.15, 0.2) is 48.9 Å². The van der Waals surface area contributed by atoms with Crippen molar-refractivity contribution in [3.63, 3.8) is 0 Å². The molecule has 4 aromatic heterocycles. The second-order valence-electron chi connectivity index (χ2n) is 7.90. The Morgan fingerprint density at radius 2 is 1.94 bits per heavy atom. The SMILES string of the molecule is CC(=O)Nc1cc(-c2[nH]c3cc(N4CCOCC4)cnc3c2-c2ccc(C)cn2)ccn1. The molecule has 0 spiro atoms. The van der Waals surface area contributed by atoms with E-state index in [0.29, 0.717) is 5.82 Å². The maximum absolute atomic E-state index is 11.5. The van der Waals surface area contributed by atoms with Crippen LogP contribution in [0.25, 0.3) is 33.5 Å². The molecule has 1 aliphatic heterocycles.